The molecule has 1 aliphatic rings. The van der Waals surface area contributed by atoms with Crippen LogP contribution in [0.15, 0.2) is 30.3 Å². The summed E-state index contributed by atoms with van der Waals surface area (Å²) in [6.07, 6.45) is -0.125. The van der Waals surface area contributed by atoms with Gasteiger partial charge in [-0.2, -0.15) is 0 Å². The van der Waals surface area contributed by atoms with Crippen molar-refractivity contribution in [1.29, 1.82) is 0 Å². The van der Waals surface area contributed by atoms with E-state index in [2.05, 4.69) is 24.0 Å². The Kier molecular flexibility index (Phi) is 6.18. The second-order valence-electron chi connectivity index (χ2n) is 6.06. The van der Waals surface area contributed by atoms with Gasteiger partial charge in [0.05, 0.1) is 37.6 Å². The van der Waals surface area contributed by atoms with Crippen LogP contribution in [0.25, 0.3) is 0 Å². The van der Waals surface area contributed by atoms with Crippen LogP contribution in [0.4, 0.5) is 0 Å². The number of hydrogen-bond donors (Lipinski definition) is 1. The maximum absolute atomic E-state index is 10.2. The van der Waals surface area contributed by atoms with Crippen molar-refractivity contribution >= 4 is 0 Å². The third-order valence-corrected chi connectivity index (χ3v) is 3.72. The van der Waals surface area contributed by atoms with Crippen molar-refractivity contribution < 1.29 is 14.6 Å². The molecule has 0 amide bonds. The van der Waals surface area contributed by atoms with Gasteiger partial charge in [0.15, 0.2) is 0 Å². The van der Waals surface area contributed by atoms with E-state index >= 15 is 0 Å². The van der Waals surface area contributed by atoms with E-state index in [9.17, 15) is 5.11 Å². The first-order valence-electron chi connectivity index (χ1n) is 7.76. The lowest BCUT2D eigenvalue weighted by molar-refractivity contribution is -0.0797. The van der Waals surface area contributed by atoms with Crippen molar-refractivity contribution in [3.05, 3.63) is 35.9 Å². The Morgan fingerprint density at radius 2 is 2.05 bits per heavy atom. The van der Waals surface area contributed by atoms with E-state index in [1.165, 1.54) is 5.56 Å². The number of aliphatic hydroxyl groups is 1. The summed E-state index contributed by atoms with van der Waals surface area (Å²) < 4.78 is 11.3. The zero-order chi connectivity index (χ0) is 15.2. The molecule has 1 saturated heterocycles. The molecular formula is C17H27NO3. The Morgan fingerprint density at radius 1 is 1.33 bits per heavy atom. The summed E-state index contributed by atoms with van der Waals surface area (Å²) in [6, 6.07) is 10.6. The number of morpholine rings is 1. The molecule has 1 heterocycles. The molecule has 1 aromatic rings. The summed E-state index contributed by atoms with van der Waals surface area (Å²) in [5, 5.41) is 10.2. The Bertz CT molecular complexity index is 410. The number of β-amino-alcohol motifs (C(OH)–C–C–N with tert-alkyl or cyclic N) is 1. The highest BCUT2D eigenvalue weighted by Crippen LogP contribution is 2.26. The van der Waals surface area contributed by atoms with Gasteiger partial charge in [-0.1, -0.05) is 30.3 Å². The highest BCUT2D eigenvalue weighted by molar-refractivity contribution is 5.19. The fraction of sp³-hybridized carbons (Fsp3) is 0.647. The number of ether oxygens (including phenoxy) is 2. The van der Waals surface area contributed by atoms with E-state index in [0.29, 0.717) is 19.8 Å². The van der Waals surface area contributed by atoms with Crippen LogP contribution < -0.4 is 0 Å². The molecule has 0 saturated carbocycles. The van der Waals surface area contributed by atoms with Gasteiger partial charge in [-0.15, -0.1) is 0 Å². The fourth-order valence-corrected chi connectivity index (χ4v) is 2.68. The van der Waals surface area contributed by atoms with Gasteiger partial charge >= 0.3 is 0 Å². The quantitative estimate of drug-likeness (QED) is 0.873. The first-order valence-corrected chi connectivity index (χ1v) is 7.76. The average molecular weight is 293 g/mol. The van der Waals surface area contributed by atoms with Gasteiger partial charge in [0.2, 0.25) is 0 Å². The second-order valence-corrected chi connectivity index (χ2v) is 6.06. The SMILES string of the molecule is CC(C)OCC(O)CN1CC(C)OCC1c1ccccc1. The highest BCUT2D eigenvalue weighted by Gasteiger charge is 2.29. The maximum atomic E-state index is 10.2. The minimum atomic E-state index is -0.469. The Labute approximate surface area is 127 Å². The summed E-state index contributed by atoms with van der Waals surface area (Å²) in [5.41, 5.74) is 1.24. The van der Waals surface area contributed by atoms with E-state index in [-0.39, 0.29) is 18.2 Å². The molecule has 0 aromatic heterocycles. The molecule has 1 N–H and O–H groups in total. The van der Waals surface area contributed by atoms with Gasteiger partial charge in [0.25, 0.3) is 0 Å². The number of rotatable bonds is 6. The first-order chi connectivity index (χ1) is 10.1. The Hall–Kier alpha value is -0.940. The van der Waals surface area contributed by atoms with Crippen molar-refractivity contribution in [3.8, 4) is 0 Å². The molecule has 0 aliphatic carbocycles. The van der Waals surface area contributed by atoms with Crippen LogP contribution in [-0.4, -0.2) is 54.6 Å². The monoisotopic (exact) mass is 293 g/mol. The van der Waals surface area contributed by atoms with E-state index in [4.69, 9.17) is 9.47 Å². The van der Waals surface area contributed by atoms with E-state index in [1.54, 1.807) is 0 Å². The average Bonchev–Trinajstić information content (AvgIpc) is 2.46. The molecule has 1 fully saturated rings. The Morgan fingerprint density at radius 3 is 2.71 bits per heavy atom. The summed E-state index contributed by atoms with van der Waals surface area (Å²) >= 11 is 0. The third-order valence-electron chi connectivity index (χ3n) is 3.72. The molecule has 1 aromatic carbocycles. The van der Waals surface area contributed by atoms with Crippen LogP contribution in [0.1, 0.15) is 32.4 Å². The van der Waals surface area contributed by atoms with Crippen LogP contribution in [-0.2, 0) is 9.47 Å². The minimum Gasteiger partial charge on any atom is -0.389 e. The van der Waals surface area contributed by atoms with Crippen LogP contribution in [0.3, 0.4) is 0 Å². The first kappa shape index (κ1) is 16.4. The fourth-order valence-electron chi connectivity index (χ4n) is 2.68. The maximum Gasteiger partial charge on any atom is 0.0900 e. The van der Waals surface area contributed by atoms with Gasteiger partial charge in [-0.3, -0.25) is 4.90 Å². The molecule has 4 heteroatoms. The van der Waals surface area contributed by atoms with Gasteiger partial charge in [-0.05, 0) is 26.3 Å². The molecule has 4 nitrogen and oxygen atoms in total. The zero-order valence-corrected chi connectivity index (χ0v) is 13.2. The van der Waals surface area contributed by atoms with Gasteiger partial charge in [-0.25, -0.2) is 0 Å². The van der Waals surface area contributed by atoms with Crippen molar-refractivity contribution in [3.63, 3.8) is 0 Å². The molecular weight excluding hydrogens is 266 g/mol. The van der Waals surface area contributed by atoms with Gasteiger partial charge in [0, 0.05) is 13.1 Å². The number of aliphatic hydroxyl groups excluding tert-OH is 1. The van der Waals surface area contributed by atoms with Crippen LogP contribution in [0.2, 0.25) is 0 Å². The van der Waals surface area contributed by atoms with Crippen LogP contribution in [0.5, 0.6) is 0 Å². The van der Waals surface area contributed by atoms with E-state index in [1.807, 2.05) is 32.0 Å². The largest absolute Gasteiger partial charge is 0.389 e. The lowest BCUT2D eigenvalue weighted by Crippen LogP contribution is -2.47. The molecule has 118 valence electrons. The molecule has 1 aliphatic heterocycles. The lowest BCUT2D eigenvalue weighted by Gasteiger charge is -2.39. The smallest absolute Gasteiger partial charge is 0.0900 e. The zero-order valence-electron chi connectivity index (χ0n) is 13.2. The second kappa shape index (κ2) is 7.90. The van der Waals surface area contributed by atoms with Crippen molar-refractivity contribution in [2.24, 2.45) is 0 Å². The van der Waals surface area contributed by atoms with E-state index < -0.39 is 6.10 Å². The molecule has 3 unspecified atom stereocenters. The molecule has 3 atom stereocenters. The van der Waals surface area contributed by atoms with Crippen LogP contribution in [0, 0.1) is 0 Å². The molecule has 0 spiro atoms. The summed E-state index contributed by atoms with van der Waals surface area (Å²) in [7, 11) is 0. The van der Waals surface area contributed by atoms with Crippen molar-refractivity contribution in [2.45, 2.75) is 45.1 Å². The summed E-state index contributed by atoms with van der Waals surface area (Å²) in [6.45, 7) is 8.53. The van der Waals surface area contributed by atoms with Gasteiger partial charge in [0.1, 0.15) is 0 Å². The minimum absolute atomic E-state index is 0.146. The predicted octanol–water partition coefficient (Wildman–Crippen LogP) is 2.23. The number of benzene rings is 1. The predicted molar refractivity (Wildman–Crippen MR) is 83.3 cm³/mol. The molecule has 2 rings (SSSR count). The van der Waals surface area contributed by atoms with Crippen molar-refractivity contribution in [1.82, 2.24) is 4.90 Å². The Balaban J connectivity index is 1.98. The molecule has 0 radical (unpaired) electrons. The normalized spacial score (nSPS) is 25.2. The highest BCUT2D eigenvalue weighted by atomic mass is 16.5. The standard InChI is InChI=1S/C17H27NO3/c1-13(2)20-11-16(19)10-18-9-14(3)21-12-17(18)15-7-5-4-6-8-15/h4-8,13-14,16-17,19H,9-12H2,1-3H3. The van der Waals surface area contributed by atoms with Gasteiger partial charge < -0.3 is 14.6 Å². The topological polar surface area (TPSA) is 41.9 Å². The lowest BCUT2D eigenvalue weighted by atomic mass is 10.0. The van der Waals surface area contributed by atoms with E-state index in [0.717, 1.165) is 6.54 Å². The van der Waals surface area contributed by atoms with Crippen molar-refractivity contribution in [2.75, 3.05) is 26.3 Å². The molecule has 0 bridgehead atoms. The summed E-state index contributed by atoms with van der Waals surface area (Å²) in [4.78, 5) is 2.30. The third kappa shape index (κ3) is 5.08. The number of nitrogens with zero attached hydrogens (tertiary/aromatic N) is 1. The van der Waals surface area contributed by atoms with Crippen LogP contribution >= 0.6 is 0 Å². The molecule has 21 heavy (non-hydrogen) atoms. The summed E-state index contributed by atoms with van der Waals surface area (Å²) in [5.74, 6) is 0. The number of hydrogen-bond acceptors (Lipinski definition) is 4.